The number of nitrogens with two attached hydrogens (primary N) is 1. The Hall–Kier alpha value is -0.710. The summed E-state index contributed by atoms with van der Waals surface area (Å²) in [5, 5.41) is 0.666. The number of rotatable bonds is 7. The Labute approximate surface area is 111 Å². The largest absolute Gasteiger partial charge is 0.474 e. The number of ether oxygens (including phenoxy) is 2. The Balaban J connectivity index is 2.34. The minimum Gasteiger partial charge on any atom is -0.474 e. The van der Waals surface area contributed by atoms with Crippen molar-refractivity contribution in [2.45, 2.75) is 19.8 Å². The Kier molecular flexibility index (Phi) is 6.40. The molecular weight excluding hydrogens is 263 g/mol. The normalized spacial score (nSPS) is 10.5. The van der Waals surface area contributed by atoms with Crippen molar-refractivity contribution in [3.63, 3.8) is 0 Å². The second-order valence-electron chi connectivity index (χ2n) is 3.46. The molecule has 0 atom stereocenters. The smallest absolute Gasteiger partial charge is 0.234 e. The van der Waals surface area contributed by atoms with Crippen LogP contribution < -0.4 is 10.5 Å². The van der Waals surface area contributed by atoms with Crippen LogP contribution >= 0.6 is 23.2 Å². The van der Waals surface area contributed by atoms with Gasteiger partial charge in [0.2, 0.25) is 5.88 Å². The average Bonchev–Trinajstić information content (AvgIpc) is 2.30. The fraction of sp³-hybridized carbons (Fsp3) is 0.545. The van der Waals surface area contributed by atoms with Gasteiger partial charge in [-0.05, 0) is 12.5 Å². The van der Waals surface area contributed by atoms with Crippen LogP contribution in [0.2, 0.25) is 10.0 Å². The maximum Gasteiger partial charge on any atom is 0.234 e. The highest BCUT2D eigenvalue weighted by molar-refractivity contribution is 6.36. The van der Waals surface area contributed by atoms with Gasteiger partial charge in [0.1, 0.15) is 17.4 Å². The molecule has 0 saturated heterocycles. The minimum absolute atomic E-state index is 0.206. The number of pyridine rings is 1. The van der Waals surface area contributed by atoms with Crippen LogP contribution in [-0.4, -0.2) is 24.8 Å². The molecule has 0 radical (unpaired) electrons. The molecule has 0 aliphatic carbocycles. The van der Waals surface area contributed by atoms with E-state index in [1.807, 2.05) is 0 Å². The summed E-state index contributed by atoms with van der Waals surface area (Å²) in [6.07, 6.45) is 2.16. The monoisotopic (exact) mass is 278 g/mol. The van der Waals surface area contributed by atoms with Gasteiger partial charge in [0, 0.05) is 6.61 Å². The SMILES string of the molecule is CCCCOCCOc1nc(N)c(Cl)cc1Cl. The quantitative estimate of drug-likeness (QED) is 0.779. The molecule has 0 aromatic carbocycles. The molecule has 1 aromatic heterocycles. The number of anilines is 1. The van der Waals surface area contributed by atoms with Gasteiger partial charge in [-0.3, -0.25) is 0 Å². The fourth-order valence-electron chi connectivity index (χ4n) is 1.11. The first-order valence-electron chi connectivity index (χ1n) is 5.47. The molecule has 6 heteroatoms. The van der Waals surface area contributed by atoms with Crippen LogP contribution in [0.4, 0.5) is 5.82 Å². The van der Waals surface area contributed by atoms with Gasteiger partial charge in [-0.2, -0.15) is 4.98 Å². The number of hydrogen-bond acceptors (Lipinski definition) is 4. The molecule has 0 amide bonds. The topological polar surface area (TPSA) is 57.4 Å². The van der Waals surface area contributed by atoms with E-state index in [4.69, 9.17) is 38.4 Å². The van der Waals surface area contributed by atoms with E-state index < -0.39 is 0 Å². The van der Waals surface area contributed by atoms with Crippen molar-refractivity contribution in [1.29, 1.82) is 0 Å². The predicted molar refractivity (Wildman–Crippen MR) is 69.9 cm³/mol. The van der Waals surface area contributed by atoms with Gasteiger partial charge in [-0.1, -0.05) is 36.5 Å². The van der Waals surface area contributed by atoms with Gasteiger partial charge >= 0.3 is 0 Å². The molecule has 1 rings (SSSR count). The summed E-state index contributed by atoms with van der Waals surface area (Å²) < 4.78 is 10.7. The van der Waals surface area contributed by atoms with E-state index in [0.29, 0.717) is 23.3 Å². The molecule has 1 heterocycles. The standard InChI is InChI=1S/C11H16Cl2N2O2/c1-2-3-4-16-5-6-17-11-9(13)7-8(12)10(14)15-11/h7H,2-6H2,1H3,(H2,14,15). The molecule has 0 unspecified atom stereocenters. The average molecular weight is 279 g/mol. The number of unbranched alkanes of at least 4 members (excludes halogenated alkanes) is 1. The van der Waals surface area contributed by atoms with Crippen molar-refractivity contribution in [3.8, 4) is 5.88 Å². The van der Waals surface area contributed by atoms with E-state index >= 15 is 0 Å². The third-order valence-corrected chi connectivity index (χ3v) is 2.61. The summed E-state index contributed by atoms with van der Waals surface area (Å²) >= 11 is 11.6. The van der Waals surface area contributed by atoms with Crippen molar-refractivity contribution in [3.05, 3.63) is 16.1 Å². The van der Waals surface area contributed by atoms with Crippen LogP contribution in [0.5, 0.6) is 5.88 Å². The lowest BCUT2D eigenvalue weighted by molar-refractivity contribution is 0.0966. The number of hydrogen-bond donors (Lipinski definition) is 1. The first kappa shape index (κ1) is 14.4. The summed E-state index contributed by atoms with van der Waals surface area (Å²) in [5.41, 5.74) is 5.55. The number of nitrogens with zero attached hydrogens (tertiary/aromatic N) is 1. The third-order valence-electron chi connectivity index (χ3n) is 2.03. The molecule has 2 N–H and O–H groups in total. The highest BCUT2D eigenvalue weighted by atomic mass is 35.5. The molecular formula is C11H16Cl2N2O2. The molecule has 0 aliphatic heterocycles. The predicted octanol–water partition coefficient (Wildman–Crippen LogP) is 3.17. The van der Waals surface area contributed by atoms with E-state index in [2.05, 4.69) is 11.9 Å². The van der Waals surface area contributed by atoms with Gasteiger partial charge in [-0.15, -0.1) is 0 Å². The molecule has 0 saturated carbocycles. The first-order chi connectivity index (χ1) is 8.15. The fourth-order valence-corrected chi connectivity index (χ4v) is 1.52. The summed E-state index contributed by atoms with van der Waals surface area (Å²) in [5.74, 6) is 0.491. The second kappa shape index (κ2) is 7.58. The van der Waals surface area contributed by atoms with Crippen LogP contribution in [0.3, 0.4) is 0 Å². The maximum atomic E-state index is 5.90. The second-order valence-corrected chi connectivity index (χ2v) is 4.27. The van der Waals surface area contributed by atoms with E-state index in [1.54, 1.807) is 0 Å². The Morgan fingerprint density at radius 1 is 1.24 bits per heavy atom. The highest BCUT2D eigenvalue weighted by Gasteiger charge is 2.07. The lowest BCUT2D eigenvalue weighted by Crippen LogP contribution is -2.09. The van der Waals surface area contributed by atoms with Crippen molar-refractivity contribution < 1.29 is 9.47 Å². The molecule has 17 heavy (non-hydrogen) atoms. The maximum absolute atomic E-state index is 5.90. The van der Waals surface area contributed by atoms with E-state index in [-0.39, 0.29) is 11.7 Å². The Bertz CT molecular complexity index is 362. The number of nitrogen functional groups attached to an aromatic ring is 1. The van der Waals surface area contributed by atoms with Gasteiger partial charge in [-0.25, -0.2) is 0 Å². The molecule has 4 nitrogen and oxygen atoms in total. The minimum atomic E-state index is 0.206. The Morgan fingerprint density at radius 2 is 2.00 bits per heavy atom. The third kappa shape index (κ3) is 4.98. The van der Waals surface area contributed by atoms with E-state index in [0.717, 1.165) is 19.4 Å². The molecule has 0 bridgehead atoms. The lowest BCUT2D eigenvalue weighted by atomic mass is 10.4. The summed E-state index contributed by atoms with van der Waals surface area (Å²) in [7, 11) is 0. The van der Waals surface area contributed by atoms with Gasteiger partial charge in [0.15, 0.2) is 0 Å². The molecule has 96 valence electrons. The van der Waals surface area contributed by atoms with Crippen LogP contribution in [0.1, 0.15) is 19.8 Å². The Morgan fingerprint density at radius 3 is 2.71 bits per heavy atom. The highest BCUT2D eigenvalue weighted by Crippen LogP contribution is 2.28. The van der Waals surface area contributed by atoms with Crippen LogP contribution in [-0.2, 0) is 4.74 Å². The first-order valence-corrected chi connectivity index (χ1v) is 6.22. The zero-order valence-corrected chi connectivity index (χ0v) is 11.2. The lowest BCUT2D eigenvalue weighted by Gasteiger charge is -2.08. The van der Waals surface area contributed by atoms with Gasteiger partial charge in [0.25, 0.3) is 0 Å². The molecule has 0 fully saturated rings. The molecule has 0 aliphatic rings. The van der Waals surface area contributed by atoms with Crippen molar-refractivity contribution in [1.82, 2.24) is 4.98 Å². The number of aromatic nitrogens is 1. The zero-order chi connectivity index (χ0) is 12.7. The summed E-state index contributed by atoms with van der Waals surface area (Å²) in [6, 6.07) is 1.51. The van der Waals surface area contributed by atoms with Crippen molar-refractivity contribution in [2.24, 2.45) is 0 Å². The zero-order valence-electron chi connectivity index (χ0n) is 9.71. The summed E-state index contributed by atoms with van der Waals surface area (Å²) in [6.45, 7) is 3.74. The molecule has 1 aromatic rings. The summed E-state index contributed by atoms with van der Waals surface area (Å²) in [4.78, 5) is 3.94. The van der Waals surface area contributed by atoms with E-state index in [9.17, 15) is 0 Å². The molecule has 0 spiro atoms. The van der Waals surface area contributed by atoms with Crippen molar-refractivity contribution >= 4 is 29.0 Å². The van der Waals surface area contributed by atoms with Crippen LogP contribution in [0.25, 0.3) is 0 Å². The van der Waals surface area contributed by atoms with Crippen LogP contribution in [0, 0.1) is 0 Å². The van der Waals surface area contributed by atoms with Gasteiger partial charge in [0.05, 0.1) is 11.6 Å². The van der Waals surface area contributed by atoms with Crippen LogP contribution in [0.15, 0.2) is 6.07 Å². The number of halogens is 2. The van der Waals surface area contributed by atoms with Gasteiger partial charge < -0.3 is 15.2 Å². The van der Waals surface area contributed by atoms with E-state index in [1.165, 1.54) is 6.07 Å². The van der Waals surface area contributed by atoms with Crippen molar-refractivity contribution in [2.75, 3.05) is 25.6 Å².